The second-order valence-corrected chi connectivity index (χ2v) is 6.06. The zero-order valence-corrected chi connectivity index (χ0v) is 13.9. The fourth-order valence-corrected chi connectivity index (χ4v) is 2.86. The van der Waals surface area contributed by atoms with E-state index in [1.165, 1.54) is 37.8 Å². The molecular formula is C18H21N3O4. The van der Waals surface area contributed by atoms with Gasteiger partial charge in [-0.15, -0.1) is 0 Å². The Labute approximate surface area is 145 Å². The molecular weight excluding hydrogens is 322 g/mol. The van der Waals surface area contributed by atoms with Gasteiger partial charge in [0.2, 0.25) is 5.76 Å². The molecule has 0 aromatic carbocycles. The summed E-state index contributed by atoms with van der Waals surface area (Å²) < 4.78 is 5.11. The summed E-state index contributed by atoms with van der Waals surface area (Å²) in [7, 11) is 0. The third-order valence-corrected chi connectivity index (χ3v) is 4.24. The van der Waals surface area contributed by atoms with Crippen molar-refractivity contribution in [2.45, 2.75) is 32.2 Å². The zero-order chi connectivity index (χ0) is 17.6. The smallest absolute Gasteiger partial charge is 0.371 e. The SMILES string of the molecule is O=C(NCc1ccc(C(=O)O)o1)c1ccc(N2CCCCCC2)nc1. The molecule has 2 aromatic heterocycles. The van der Waals surface area contributed by atoms with Crippen LogP contribution < -0.4 is 10.2 Å². The van der Waals surface area contributed by atoms with Crippen molar-refractivity contribution in [2.75, 3.05) is 18.0 Å². The first-order valence-electron chi connectivity index (χ1n) is 8.45. The van der Waals surface area contributed by atoms with E-state index in [0.29, 0.717) is 11.3 Å². The molecule has 1 amide bonds. The van der Waals surface area contributed by atoms with E-state index in [1.54, 1.807) is 12.3 Å². The number of hydrogen-bond acceptors (Lipinski definition) is 5. The Morgan fingerprint density at radius 2 is 1.88 bits per heavy atom. The van der Waals surface area contributed by atoms with E-state index in [-0.39, 0.29) is 18.2 Å². The minimum atomic E-state index is -1.13. The number of pyridine rings is 1. The fourth-order valence-electron chi connectivity index (χ4n) is 2.86. The van der Waals surface area contributed by atoms with Crippen LogP contribution in [0.3, 0.4) is 0 Å². The maximum absolute atomic E-state index is 12.2. The summed E-state index contributed by atoms with van der Waals surface area (Å²) in [6, 6.07) is 6.52. The Morgan fingerprint density at radius 1 is 1.12 bits per heavy atom. The number of amides is 1. The van der Waals surface area contributed by atoms with Crippen LogP contribution in [0.4, 0.5) is 5.82 Å². The highest BCUT2D eigenvalue weighted by Crippen LogP contribution is 2.17. The molecule has 7 heteroatoms. The predicted octanol–water partition coefficient (Wildman–Crippen LogP) is 2.68. The van der Waals surface area contributed by atoms with E-state index in [0.717, 1.165) is 18.9 Å². The first-order chi connectivity index (χ1) is 12.1. The third kappa shape index (κ3) is 4.37. The van der Waals surface area contributed by atoms with Crippen LogP contribution in [-0.2, 0) is 6.54 Å². The maximum Gasteiger partial charge on any atom is 0.371 e. The molecule has 2 aromatic rings. The first kappa shape index (κ1) is 17.0. The minimum absolute atomic E-state index is 0.125. The molecule has 0 radical (unpaired) electrons. The van der Waals surface area contributed by atoms with Crippen molar-refractivity contribution in [3.63, 3.8) is 0 Å². The molecule has 0 saturated carbocycles. The Kier molecular flexibility index (Phi) is 5.33. The number of carboxylic acid groups (broad SMARTS) is 1. The topological polar surface area (TPSA) is 95.7 Å². The lowest BCUT2D eigenvalue weighted by atomic mass is 10.2. The summed E-state index contributed by atoms with van der Waals surface area (Å²) in [4.78, 5) is 29.6. The number of aromatic nitrogens is 1. The molecule has 1 fully saturated rings. The monoisotopic (exact) mass is 343 g/mol. The molecule has 1 saturated heterocycles. The molecule has 0 atom stereocenters. The van der Waals surface area contributed by atoms with E-state index in [2.05, 4.69) is 15.2 Å². The lowest BCUT2D eigenvalue weighted by Crippen LogP contribution is -2.26. The quantitative estimate of drug-likeness (QED) is 0.866. The third-order valence-electron chi connectivity index (χ3n) is 4.24. The van der Waals surface area contributed by atoms with Crippen LogP contribution in [0.25, 0.3) is 0 Å². The van der Waals surface area contributed by atoms with E-state index >= 15 is 0 Å². The number of rotatable bonds is 5. The van der Waals surface area contributed by atoms with Gasteiger partial charge in [0.05, 0.1) is 12.1 Å². The van der Waals surface area contributed by atoms with Gasteiger partial charge in [0.15, 0.2) is 0 Å². The Hall–Kier alpha value is -2.83. The van der Waals surface area contributed by atoms with Crippen LogP contribution in [0.1, 0.15) is 52.4 Å². The van der Waals surface area contributed by atoms with Crippen molar-refractivity contribution in [1.82, 2.24) is 10.3 Å². The highest BCUT2D eigenvalue weighted by atomic mass is 16.4. The highest BCUT2D eigenvalue weighted by molar-refractivity contribution is 5.94. The lowest BCUT2D eigenvalue weighted by molar-refractivity contribution is 0.0660. The summed E-state index contributed by atoms with van der Waals surface area (Å²) in [5.41, 5.74) is 0.462. The average molecular weight is 343 g/mol. The van der Waals surface area contributed by atoms with E-state index < -0.39 is 5.97 Å². The van der Waals surface area contributed by atoms with E-state index in [9.17, 15) is 9.59 Å². The summed E-state index contributed by atoms with van der Waals surface area (Å²) in [6.45, 7) is 2.13. The first-order valence-corrected chi connectivity index (χ1v) is 8.45. The van der Waals surface area contributed by atoms with Gasteiger partial charge in [-0.2, -0.15) is 0 Å². The summed E-state index contributed by atoms with van der Waals surface area (Å²) in [5.74, 6) is -0.266. The van der Waals surface area contributed by atoms with Crippen LogP contribution in [0, 0.1) is 0 Å². The number of carboxylic acids is 1. The molecule has 1 aliphatic rings. The molecule has 0 unspecified atom stereocenters. The Bertz CT molecular complexity index is 731. The van der Waals surface area contributed by atoms with Gasteiger partial charge in [-0.3, -0.25) is 4.79 Å². The molecule has 3 rings (SSSR count). The van der Waals surface area contributed by atoms with Gasteiger partial charge in [-0.1, -0.05) is 12.8 Å². The number of anilines is 1. The van der Waals surface area contributed by atoms with Crippen LogP contribution in [0.15, 0.2) is 34.9 Å². The van der Waals surface area contributed by atoms with Crippen molar-refractivity contribution in [2.24, 2.45) is 0 Å². The standard InChI is InChI=1S/C18H21N3O4/c22-17(20-12-14-6-7-15(25-14)18(23)24)13-5-8-16(19-11-13)21-9-3-1-2-4-10-21/h5-8,11H,1-4,9-10,12H2,(H,20,22)(H,23,24). The molecule has 1 aliphatic heterocycles. The summed E-state index contributed by atoms with van der Waals surface area (Å²) in [5, 5.41) is 11.5. The number of furan rings is 1. The van der Waals surface area contributed by atoms with E-state index in [1.807, 2.05) is 6.07 Å². The largest absolute Gasteiger partial charge is 0.475 e. The van der Waals surface area contributed by atoms with Crippen molar-refractivity contribution >= 4 is 17.7 Å². The molecule has 2 N–H and O–H groups in total. The second kappa shape index (κ2) is 7.83. The average Bonchev–Trinajstić information content (AvgIpc) is 2.94. The zero-order valence-electron chi connectivity index (χ0n) is 13.9. The van der Waals surface area contributed by atoms with Gasteiger partial charge >= 0.3 is 5.97 Å². The number of nitrogens with zero attached hydrogens (tertiary/aromatic N) is 2. The van der Waals surface area contributed by atoms with Gasteiger partial charge in [0.25, 0.3) is 5.91 Å². The fraction of sp³-hybridized carbons (Fsp3) is 0.389. The minimum Gasteiger partial charge on any atom is -0.475 e. The van der Waals surface area contributed by atoms with Gasteiger partial charge in [-0.05, 0) is 37.1 Å². The molecule has 0 bridgehead atoms. The van der Waals surface area contributed by atoms with Crippen LogP contribution in [0.5, 0.6) is 0 Å². The van der Waals surface area contributed by atoms with Crippen molar-refractivity contribution in [3.05, 3.63) is 47.5 Å². The lowest BCUT2D eigenvalue weighted by Gasteiger charge is -2.21. The van der Waals surface area contributed by atoms with Crippen LogP contribution in [-0.4, -0.2) is 35.1 Å². The molecule has 3 heterocycles. The molecule has 0 aliphatic carbocycles. The summed E-state index contributed by atoms with van der Waals surface area (Å²) >= 11 is 0. The molecule has 7 nitrogen and oxygen atoms in total. The number of nitrogens with one attached hydrogen (secondary N) is 1. The number of carbonyl (C=O) groups is 2. The van der Waals surface area contributed by atoms with Gasteiger partial charge in [0, 0.05) is 19.3 Å². The predicted molar refractivity (Wildman–Crippen MR) is 91.8 cm³/mol. The van der Waals surface area contributed by atoms with Gasteiger partial charge in [-0.25, -0.2) is 9.78 Å². The van der Waals surface area contributed by atoms with Gasteiger partial charge < -0.3 is 19.7 Å². The van der Waals surface area contributed by atoms with Crippen molar-refractivity contribution in [3.8, 4) is 0 Å². The summed E-state index contributed by atoms with van der Waals surface area (Å²) in [6.07, 6.45) is 6.43. The Balaban J connectivity index is 1.57. The molecule has 25 heavy (non-hydrogen) atoms. The van der Waals surface area contributed by atoms with Gasteiger partial charge in [0.1, 0.15) is 11.6 Å². The highest BCUT2D eigenvalue weighted by Gasteiger charge is 2.13. The number of carbonyl (C=O) groups excluding carboxylic acids is 1. The van der Waals surface area contributed by atoms with E-state index in [4.69, 9.17) is 9.52 Å². The number of aromatic carboxylic acids is 1. The van der Waals surface area contributed by atoms with Crippen molar-refractivity contribution in [1.29, 1.82) is 0 Å². The molecule has 0 spiro atoms. The Morgan fingerprint density at radius 3 is 2.48 bits per heavy atom. The molecule has 132 valence electrons. The normalized spacial score (nSPS) is 14.8. The maximum atomic E-state index is 12.2. The van der Waals surface area contributed by atoms with Crippen molar-refractivity contribution < 1.29 is 19.1 Å². The van der Waals surface area contributed by atoms with Crippen LogP contribution in [0.2, 0.25) is 0 Å². The van der Waals surface area contributed by atoms with Crippen LogP contribution >= 0.6 is 0 Å². The number of hydrogen-bond donors (Lipinski definition) is 2. The second-order valence-electron chi connectivity index (χ2n) is 6.06.